The number of benzene rings is 3. The van der Waals surface area contributed by atoms with Crippen molar-refractivity contribution < 1.29 is 4.74 Å². The lowest BCUT2D eigenvalue weighted by molar-refractivity contribution is 0.415. The highest BCUT2D eigenvalue weighted by atomic mass is 35.5. The first-order valence-electron chi connectivity index (χ1n) is 8.71. The maximum Gasteiger partial charge on any atom is 0.118 e. The smallest absolute Gasteiger partial charge is 0.118 e. The van der Waals surface area contributed by atoms with Gasteiger partial charge in [-0.05, 0) is 47.5 Å². The van der Waals surface area contributed by atoms with E-state index in [9.17, 15) is 0 Å². The molecule has 0 unspecified atom stereocenters. The fourth-order valence-electron chi connectivity index (χ4n) is 3.01. The van der Waals surface area contributed by atoms with E-state index in [1.807, 2.05) is 54.6 Å². The molecule has 1 aromatic heterocycles. The molecule has 4 rings (SSSR count). The summed E-state index contributed by atoms with van der Waals surface area (Å²) < 4.78 is 5.28. The predicted octanol–water partition coefficient (Wildman–Crippen LogP) is 6.74. The molecule has 0 aliphatic heterocycles. The van der Waals surface area contributed by atoms with Crippen LogP contribution in [0.1, 0.15) is 0 Å². The van der Waals surface area contributed by atoms with E-state index in [2.05, 4.69) is 36.4 Å². The molecule has 4 aromatic rings. The van der Waals surface area contributed by atoms with Gasteiger partial charge in [0.15, 0.2) is 0 Å². The van der Waals surface area contributed by atoms with Gasteiger partial charge < -0.3 is 4.74 Å². The number of methoxy groups -OCH3 is 1. The third-order valence-electron chi connectivity index (χ3n) is 4.46. The summed E-state index contributed by atoms with van der Waals surface area (Å²) in [5.41, 5.74) is 6.20. The van der Waals surface area contributed by atoms with Gasteiger partial charge in [-0.2, -0.15) is 0 Å². The van der Waals surface area contributed by atoms with Crippen molar-refractivity contribution in [2.24, 2.45) is 0 Å². The van der Waals surface area contributed by atoms with Crippen LogP contribution >= 0.6 is 11.6 Å². The van der Waals surface area contributed by atoms with Gasteiger partial charge in [-0.25, -0.2) is 4.98 Å². The Kier molecular flexibility index (Phi) is 4.91. The van der Waals surface area contributed by atoms with Gasteiger partial charge in [0.05, 0.1) is 18.5 Å². The van der Waals surface area contributed by atoms with E-state index in [-0.39, 0.29) is 0 Å². The van der Waals surface area contributed by atoms with E-state index >= 15 is 0 Å². The minimum atomic E-state index is 0.716. The van der Waals surface area contributed by atoms with Crippen molar-refractivity contribution in [1.29, 1.82) is 0 Å². The molecule has 0 aliphatic carbocycles. The first-order chi connectivity index (χ1) is 13.2. The maximum absolute atomic E-state index is 6.05. The van der Waals surface area contributed by atoms with Gasteiger partial charge in [0.1, 0.15) is 5.75 Å². The lowest BCUT2D eigenvalue weighted by Gasteiger charge is -2.11. The summed E-state index contributed by atoms with van der Waals surface area (Å²) in [4.78, 5) is 4.90. The Morgan fingerprint density at radius 2 is 1.19 bits per heavy atom. The number of nitrogens with zero attached hydrogens (tertiary/aromatic N) is 1. The molecule has 0 bridgehead atoms. The van der Waals surface area contributed by atoms with Gasteiger partial charge >= 0.3 is 0 Å². The molecule has 0 N–H and O–H groups in total. The number of rotatable bonds is 4. The van der Waals surface area contributed by atoms with Crippen LogP contribution < -0.4 is 4.74 Å². The van der Waals surface area contributed by atoms with Crippen LogP contribution in [0.2, 0.25) is 5.02 Å². The molecule has 0 saturated carbocycles. The quantitative estimate of drug-likeness (QED) is 0.396. The van der Waals surface area contributed by atoms with Crippen LogP contribution in [0, 0.1) is 0 Å². The summed E-state index contributed by atoms with van der Waals surface area (Å²) in [6.07, 6.45) is 0. The largest absolute Gasteiger partial charge is 0.497 e. The lowest BCUT2D eigenvalue weighted by Crippen LogP contribution is -1.91. The Labute approximate surface area is 164 Å². The number of halogens is 1. The summed E-state index contributed by atoms with van der Waals surface area (Å²) in [6.45, 7) is 0. The van der Waals surface area contributed by atoms with Crippen molar-refractivity contribution in [1.82, 2.24) is 4.98 Å². The normalized spacial score (nSPS) is 10.6. The molecular formula is C24H18ClNO. The molecule has 0 saturated heterocycles. The predicted molar refractivity (Wildman–Crippen MR) is 112 cm³/mol. The Bertz CT molecular complexity index is 1040. The van der Waals surface area contributed by atoms with Crippen molar-refractivity contribution in [2.75, 3.05) is 7.11 Å². The number of aromatic nitrogens is 1. The molecule has 1 heterocycles. The molecule has 2 nitrogen and oxygen atoms in total. The van der Waals surface area contributed by atoms with Crippen LogP contribution in [-0.2, 0) is 0 Å². The zero-order valence-corrected chi connectivity index (χ0v) is 15.6. The molecule has 0 atom stereocenters. The van der Waals surface area contributed by atoms with Crippen LogP contribution in [0.15, 0.2) is 91.0 Å². The van der Waals surface area contributed by atoms with Crippen molar-refractivity contribution in [3.8, 4) is 39.4 Å². The Balaban J connectivity index is 1.87. The molecule has 132 valence electrons. The summed E-state index contributed by atoms with van der Waals surface area (Å²) >= 11 is 6.05. The average Bonchev–Trinajstić information content (AvgIpc) is 2.74. The van der Waals surface area contributed by atoms with Gasteiger partial charge in [-0.1, -0.05) is 66.2 Å². The van der Waals surface area contributed by atoms with Gasteiger partial charge in [0.25, 0.3) is 0 Å². The van der Waals surface area contributed by atoms with Crippen molar-refractivity contribution >= 4 is 11.6 Å². The third-order valence-corrected chi connectivity index (χ3v) is 4.71. The second-order valence-corrected chi connectivity index (χ2v) is 6.66. The van der Waals surface area contributed by atoms with Gasteiger partial charge in [0, 0.05) is 16.1 Å². The molecule has 0 aliphatic rings. The third kappa shape index (κ3) is 3.86. The Hall–Kier alpha value is -3.10. The minimum Gasteiger partial charge on any atom is -0.497 e. The zero-order chi connectivity index (χ0) is 18.6. The first-order valence-corrected chi connectivity index (χ1v) is 9.08. The second-order valence-electron chi connectivity index (χ2n) is 6.23. The SMILES string of the molecule is COc1ccc(-c2cc(-c3ccccc3)nc(-c3ccc(Cl)cc3)c2)cc1. The highest BCUT2D eigenvalue weighted by Gasteiger charge is 2.09. The standard InChI is InChI=1S/C24H18ClNO/c1-27-22-13-9-17(10-14-22)20-15-23(18-5-3-2-4-6-18)26-24(16-20)19-7-11-21(25)12-8-19/h2-16H,1H3. The Morgan fingerprint density at radius 3 is 1.78 bits per heavy atom. The topological polar surface area (TPSA) is 22.1 Å². The van der Waals surface area contributed by atoms with Crippen LogP contribution in [0.25, 0.3) is 33.6 Å². The number of pyridine rings is 1. The summed E-state index contributed by atoms with van der Waals surface area (Å²) in [5.74, 6) is 0.842. The van der Waals surface area contributed by atoms with E-state index in [1.165, 1.54) is 0 Å². The highest BCUT2D eigenvalue weighted by molar-refractivity contribution is 6.30. The lowest BCUT2D eigenvalue weighted by atomic mass is 10.00. The monoisotopic (exact) mass is 371 g/mol. The van der Waals surface area contributed by atoms with Crippen LogP contribution in [-0.4, -0.2) is 12.1 Å². The summed E-state index contributed by atoms with van der Waals surface area (Å²) in [7, 11) is 1.67. The van der Waals surface area contributed by atoms with Gasteiger partial charge in [0.2, 0.25) is 0 Å². The highest BCUT2D eigenvalue weighted by Crippen LogP contribution is 2.31. The van der Waals surface area contributed by atoms with Crippen molar-refractivity contribution in [2.45, 2.75) is 0 Å². The van der Waals surface area contributed by atoms with E-state index in [0.717, 1.165) is 39.4 Å². The second kappa shape index (κ2) is 7.65. The zero-order valence-electron chi connectivity index (χ0n) is 14.9. The maximum atomic E-state index is 6.05. The van der Waals surface area contributed by atoms with Crippen LogP contribution in [0.4, 0.5) is 0 Å². The molecule has 3 aromatic carbocycles. The Morgan fingerprint density at radius 1 is 0.630 bits per heavy atom. The van der Waals surface area contributed by atoms with Crippen LogP contribution in [0.5, 0.6) is 5.75 Å². The number of ether oxygens (including phenoxy) is 1. The molecule has 0 radical (unpaired) electrons. The van der Waals surface area contributed by atoms with E-state index in [1.54, 1.807) is 7.11 Å². The van der Waals surface area contributed by atoms with Crippen LogP contribution in [0.3, 0.4) is 0 Å². The molecule has 0 amide bonds. The molecule has 0 spiro atoms. The molecule has 3 heteroatoms. The van der Waals surface area contributed by atoms with E-state index in [0.29, 0.717) is 5.02 Å². The van der Waals surface area contributed by atoms with E-state index in [4.69, 9.17) is 21.3 Å². The van der Waals surface area contributed by atoms with Gasteiger partial charge in [-0.15, -0.1) is 0 Å². The van der Waals surface area contributed by atoms with Crippen molar-refractivity contribution in [3.63, 3.8) is 0 Å². The van der Waals surface area contributed by atoms with E-state index < -0.39 is 0 Å². The molecule has 0 fully saturated rings. The minimum absolute atomic E-state index is 0.716. The fourth-order valence-corrected chi connectivity index (χ4v) is 3.13. The first kappa shape index (κ1) is 17.3. The molecule has 27 heavy (non-hydrogen) atoms. The fraction of sp³-hybridized carbons (Fsp3) is 0.0417. The summed E-state index contributed by atoms with van der Waals surface area (Å²) in [5, 5.41) is 0.716. The summed E-state index contributed by atoms with van der Waals surface area (Å²) in [6, 6.07) is 30.3. The average molecular weight is 372 g/mol. The number of hydrogen-bond acceptors (Lipinski definition) is 2. The number of hydrogen-bond donors (Lipinski definition) is 0. The molecular weight excluding hydrogens is 354 g/mol. The van der Waals surface area contributed by atoms with Gasteiger partial charge in [-0.3, -0.25) is 0 Å². The van der Waals surface area contributed by atoms with Crippen molar-refractivity contribution in [3.05, 3.63) is 96.0 Å².